The fraction of sp³-hybridized carbons (Fsp3) is 0.133. The zero-order valence-electron chi connectivity index (χ0n) is 10.8. The third kappa shape index (κ3) is 3.22. The summed E-state index contributed by atoms with van der Waals surface area (Å²) in [6.07, 6.45) is -9.28. The molecule has 0 aliphatic rings. The maximum absolute atomic E-state index is 13.0. The van der Waals surface area contributed by atoms with Crippen molar-refractivity contribution in [1.29, 1.82) is 5.26 Å². The third-order valence-corrected chi connectivity index (χ3v) is 2.98. The number of benzene rings is 2. The van der Waals surface area contributed by atoms with E-state index in [2.05, 4.69) is 0 Å². The second-order valence-corrected chi connectivity index (χ2v) is 4.45. The van der Waals surface area contributed by atoms with Gasteiger partial charge in [-0.2, -0.15) is 31.6 Å². The molecule has 2 aromatic carbocycles. The number of alkyl halides is 6. The van der Waals surface area contributed by atoms with E-state index in [1.54, 1.807) is 6.07 Å². The van der Waals surface area contributed by atoms with Gasteiger partial charge in [0, 0.05) is 0 Å². The standard InChI is InChI=1S/C15H7F6N/c16-14(17,18)11-4-2-10(3-5-11)12-6-1-9(8-22)7-13(12)15(19,20)21/h1-7H. The maximum Gasteiger partial charge on any atom is 0.417 e. The Labute approximate surface area is 121 Å². The molecule has 0 saturated heterocycles. The lowest BCUT2D eigenvalue weighted by molar-refractivity contribution is -0.138. The van der Waals surface area contributed by atoms with Gasteiger partial charge in [-0.25, -0.2) is 0 Å². The first-order valence-electron chi connectivity index (χ1n) is 5.92. The number of rotatable bonds is 1. The average Bonchev–Trinajstić information content (AvgIpc) is 2.45. The minimum absolute atomic E-state index is 0.00943. The van der Waals surface area contributed by atoms with Gasteiger partial charge in [-0.1, -0.05) is 18.2 Å². The van der Waals surface area contributed by atoms with E-state index in [1.165, 1.54) is 6.07 Å². The van der Waals surface area contributed by atoms with Crippen LogP contribution in [-0.4, -0.2) is 0 Å². The van der Waals surface area contributed by atoms with Crippen LogP contribution >= 0.6 is 0 Å². The van der Waals surface area contributed by atoms with Gasteiger partial charge in [0.25, 0.3) is 0 Å². The summed E-state index contributed by atoms with van der Waals surface area (Å²) in [6, 6.07) is 7.90. The van der Waals surface area contributed by atoms with Crippen LogP contribution in [0.5, 0.6) is 0 Å². The lowest BCUT2D eigenvalue weighted by atomic mass is 9.96. The predicted molar refractivity (Wildman–Crippen MR) is 66.6 cm³/mol. The molecule has 0 atom stereocenters. The highest BCUT2D eigenvalue weighted by atomic mass is 19.4. The van der Waals surface area contributed by atoms with Crippen LogP contribution in [0.25, 0.3) is 11.1 Å². The molecule has 0 bridgehead atoms. The molecule has 2 aromatic rings. The van der Waals surface area contributed by atoms with Crippen LogP contribution in [0.4, 0.5) is 26.3 Å². The van der Waals surface area contributed by atoms with Crippen LogP contribution in [0.2, 0.25) is 0 Å². The van der Waals surface area contributed by atoms with Crippen LogP contribution in [0.15, 0.2) is 42.5 Å². The highest BCUT2D eigenvalue weighted by Gasteiger charge is 2.34. The van der Waals surface area contributed by atoms with E-state index in [0.29, 0.717) is 18.2 Å². The highest BCUT2D eigenvalue weighted by molar-refractivity contribution is 5.69. The molecule has 0 spiro atoms. The predicted octanol–water partition coefficient (Wildman–Crippen LogP) is 5.26. The molecule has 0 aliphatic heterocycles. The molecule has 0 amide bonds. The molecule has 1 nitrogen and oxygen atoms in total. The smallest absolute Gasteiger partial charge is 0.192 e. The number of halogens is 6. The Hall–Kier alpha value is -2.49. The van der Waals surface area contributed by atoms with E-state index in [1.807, 2.05) is 0 Å². The topological polar surface area (TPSA) is 23.8 Å². The van der Waals surface area contributed by atoms with Crippen molar-refractivity contribution in [2.24, 2.45) is 0 Å². The minimum atomic E-state index is -4.72. The largest absolute Gasteiger partial charge is 0.417 e. The Morgan fingerprint density at radius 1 is 0.773 bits per heavy atom. The van der Waals surface area contributed by atoms with Gasteiger partial charge in [-0.3, -0.25) is 0 Å². The van der Waals surface area contributed by atoms with Gasteiger partial charge in [-0.15, -0.1) is 0 Å². The Kier molecular flexibility index (Phi) is 3.88. The second kappa shape index (κ2) is 5.37. The molecular weight excluding hydrogens is 308 g/mol. The van der Waals surface area contributed by atoms with Crippen molar-refractivity contribution in [1.82, 2.24) is 0 Å². The van der Waals surface area contributed by atoms with Gasteiger partial charge in [-0.05, 0) is 35.4 Å². The van der Waals surface area contributed by atoms with Gasteiger partial charge >= 0.3 is 12.4 Å². The van der Waals surface area contributed by atoms with Crippen molar-refractivity contribution in [3.63, 3.8) is 0 Å². The molecular formula is C15H7F6N. The van der Waals surface area contributed by atoms with Crippen LogP contribution in [0.3, 0.4) is 0 Å². The van der Waals surface area contributed by atoms with E-state index >= 15 is 0 Å². The molecule has 22 heavy (non-hydrogen) atoms. The van der Waals surface area contributed by atoms with Crippen molar-refractivity contribution in [2.45, 2.75) is 12.4 Å². The van der Waals surface area contributed by atoms with Crippen LogP contribution in [0.1, 0.15) is 16.7 Å². The van der Waals surface area contributed by atoms with Gasteiger partial charge in [0.15, 0.2) is 0 Å². The summed E-state index contributed by atoms with van der Waals surface area (Å²) in [6.45, 7) is 0. The van der Waals surface area contributed by atoms with Crippen molar-refractivity contribution in [3.05, 3.63) is 59.2 Å². The normalized spacial score (nSPS) is 12.0. The fourth-order valence-corrected chi connectivity index (χ4v) is 1.94. The lowest BCUT2D eigenvalue weighted by Gasteiger charge is -2.14. The summed E-state index contributed by atoms with van der Waals surface area (Å²) in [4.78, 5) is 0. The molecule has 2 rings (SSSR count). The molecule has 0 aromatic heterocycles. The SMILES string of the molecule is N#Cc1ccc(-c2ccc(C(F)(F)F)cc2)c(C(F)(F)F)c1. The number of hydrogen-bond acceptors (Lipinski definition) is 1. The Balaban J connectivity index is 2.56. The third-order valence-electron chi connectivity index (χ3n) is 2.98. The fourth-order valence-electron chi connectivity index (χ4n) is 1.94. The first-order chi connectivity index (χ1) is 10.1. The summed E-state index contributed by atoms with van der Waals surface area (Å²) < 4.78 is 76.5. The van der Waals surface area contributed by atoms with Gasteiger partial charge in [0.2, 0.25) is 0 Å². The van der Waals surface area contributed by atoms with Crippen molar-refractivity contribution in [3.8, 4) is 17.2 Å². The Morgan fingerprint density at radius 2 is 1.36 bits per heavy atom. The van der Waals surface area contributed by atoms with E-state index in [0.717, 1.165) is 18.2 Å². The molecule has 0 aliphatic carbocycles. The zero-order valence-corrected chi connectivity index (χ0v) is 10.8. The zero-order chi connectivity index (χ0) is 16.5. The summed E-state index contributed by atoms with van der Waals surface area (Å²) >= 11 is 0. The van der Waals surface area contributed by atoms with Crippen LogP contribution < -0.4 is 0 Å². The molecule has 0 saturated carbocycles. The molecule has 0 N–H and O–H groups in total. The van der Waals surface area contributed by atoms with E-state index in [9.17, 15) is 26.3 Å². The number of nitriles is 1. The lowest BCUT2D eigenvalue weighted by Crippen LogP contribution is -2.08. The molecule has 0 unspecified atom stereocenters. The number of hydrogen-bond donors (Lipinski definition) is 0. The molecule has 0 fully saturated rings. The van der Waals surface area contributed by atoms with Crippen LogP contribution in [-0.2, 0) is 12.4 Å². The van der Waals surface area contributed by atoms with Gasteiger partial charge in [0.1, 0.15) is 0 Å². The number of nitrogens with zero attached hydrogens (tertiary/aromatic N) is 1. The monoisotopic (exact) mass is 315 g/mol. The summed E-state index contributed by atoms with van der Waals surface area (Å²) in [5, 5.41) is 8.67. The molecule has 114 valence electrons. The highest BCUT2D eigenvalue weighted by Crippen LogP contribution is 2.38. The van der Waals surface area contributed by atoms with E-state index < -0.39 is 23.5 Å². The van der Waals surface area contributed by atoms with Crippen LogP contribution in [0, 0.1) is 11.3 Å². The van der Waals surface area contributed by atoms with Crippen molar-refractivity contribution < 1.29 is 26.3 Å². The summed E-state index contributed by atoms with van der Waals surface area (Å²) in [5.74, 6) is 0. The summed E-state index contributed by atoms with van der Waals surface area (Å²) in [5.41, 5.74) is -2.47. The first kappa shape index (κ1) is 15.9. The van der Waals surface area contributed by atoms with E-state index in [4.69, 9.17) is 5.26 Å². The maximum atomic E-state index is 13.0. The van der Waals surface area contributed by atoms with Crippen molar-refractivity contribution in [2.75, 3.05) is 0 Å². The second-order valence-electron chi connectivity index (χ2n) is 4.45. The molecule has 0 heterocycles. The molecule has 7 heteroatoms. The molecule has 0 radical (unpaired) electrons. The van der Waals surface area contributed by atoms with Gasteiger partial charge < -0.3 is 0 Å². The van der Waals surface area contributed by atoms with Gasteiger partial charge in [0.05, 0.1) is 22.8 Å². The first-order valence-corrected chi connectivity index (χ1v) is 5.92. The Morgan fingerprint density at radius 3 is 1.82 bits per heavy atom. The van der Waals surface area contributed by atoms with Crippen molar-refractivity contribution >= 4 is 0 Å². The quantitative estimate of drug-likeness (QED) is 0.658. The summed E-state index contributed by atoms with van der Waals surface area (Å²) in [7, 11) is 0. The minimum Gasteiger partial charge on any atom is -0.192 e. The van der Waals surface area contributed by atoms with E-state index in [-0.39, 0.29) is 16.7 Å². The Bertz CT molecular complexity index is 720. The average molecular weight is 315 g/mol.